The number of likely N-dealkylation sites (tertiary alicyclic amines) is 1. The first kappa shape index (κ1) is 17.0. The van der Waals surface area contributed by atoms with E-state index in [1.807, 2.05) is 6.07 Å². The van der Waals surface area contributed by atoms with E-state index in [0.717, 1.165) is 25.2 Å². The van der Waals surface area contributed by atoms with Crippen molar-refractivity contribution in [2.24, 2.45) is 0 Å². The second-order valence-electron chi connectivity index (χ2n) is 8.10. The summed E-state index contributed by atoms with van der Waals surface area (Å²) in [6, 6.07) is 6.15. The Labute approximate surface area is 151 Å². The van der Waals surface area contributed by atoms with E-state index in [1.54, 1.807) is 0 Å². The van der Waals surface area contributed by atoms with Crippen LogP contribution in [0.1, 0.15) is 72.9 Å². The minimum Gasteiger partial charge on any atom is -0.350 e. The number of hydrogen-bond acceptors (Lipinski definition) is 3. The largest absolute Gasteiger partial charge is 0.350 e. The van der Waals surface area contributed by atoms with Crippen molar-refractivity contribution in [3.8, 4) is 0 Å². The third-order valence-corrected chi connectivity index (χ3v) is 6.49. The topological polar surface area (TPSA) is 44.4 Å². The van der Waals surface area contributed by atoms with Crippen LogP contribution in [0, 0.1) is 0 Å². The number of hydrogen-bond donors (Lipinski definition) is 2. The van der Waals surface area contributed by atoms with Gasteiger partial charge in [0.05, 0.1) is 0 Å². The number of rotatable bonds is 4. The predicted octanol–water partition coefficient (Wildman–Crippen LogP) is 3.21. The lowest BCUT2D eigenvalue weighted by atomic mass is 9.79. The number of piperidine rings is 1. The first-order chi connectivity index (χ1) is 12.3. The highest BCUT2D eigenvalue weighted by Crippen LogP contribution is 2.35. The summed E-state index contributed by atoms with van der Waals surface area (Å²) in [6.45, 7) is 5.03. The van der Waals surface area contributed by atoms with Crippen LogP contribution in [-0.4, -0.2) is 36.0 Å². The van der Waals surface area contributed by atoms with Crippen LogP contribution in [0.5, 0.6) is 0 Å². The van der Waals surface area contributed by atoms with E-state index in [2.05, 4.69) is 27.7 Å². The van der Waals surface area contributed by atoms with Crippen molar-refractivity contribution in [2.75, 3.05) is 19.6 Å². The second-order valence-corrected chi connectivity index (χ2v) is 8.10. The third-order valence-electron chi connectivity index (χ3n) is 6.49. The summed E-state index contributed by atoms with van der Waals surface area (Å²) in [6.07, 6.45) is 10.4. The molecule has 1 amide bonds. The van der Waals surface area contributed by atoms with Crippen LogP contribution in [0.25, 0.3) is 0 Å². The summed E-state index contributed by atoms with van der Waals surface area (Å²) in [5.41, 5.74) is 3.61. The van der Waals surface area contributed by atoms with Crippen LogP contribution < -0.4 is 10.6 Å². The average molecular weight is 341 g/mol. The fraction of sp³-hybridized carbons (Fsp3) is 0.667. The molecule has 0 spiro atoms. The lowest BCUT2D eigenvalue weighted by Crippen LogP contribution is -2.58. The maximum absolute atomic E-state index is 12.8. The molecule has 25 heavy (non-hydrogen) atoms. The fourth-order valence-electron chi connectivity index (χ4n) is 4.97. The molecule has 4 heteroatoms. The highest BCUT2D eigenvalue weighted by Gasteiger charge is 2.38. The van der Waals surface area contributed by atoms with Gasteiger partial charge in [-0.05, 0) is 62.0 Å². The highest BCUT2D eigenvalue weighted by atomic mass is 16.1. The molecule has 0 aromatic heterocycles. The van der Waals surface area contributed by atoms with Crippen LogP contribution >= 0.6 is 0 Å². The zero-order valence-electron chi connectivity index (χ0n) is 15.3. The molecule has 1 saturated heterocycles. The minimum absolute atomic E-state index is 0.0941. The van der Waals surface area contributed by atoms with Crippen molar-refractivity contribution < 1.29 is 4.79 Å². The molecule has 0 unspecified atom stereocenters. The quantitative estimate of drug-likeness (QED) is 0.884. The molecule has 3 aliphatic rings. The lowest BCUT2D eigenvalue weighted by molar-refractivity contribution is 0.0326. The molecule has 2 fully saturated rings. The van der Waals surface area contributed by atoms with E-state index >= 15 is 0 Å². The molecular formula is C21H31N3O. The van der Waals surface area contributed by atoms with Crippen molar-refractivity contribution in [1.29, 1.82) is 0 Å². The Morgan fingerprint density at radius 2 is 1.72 bits per heavy atom. The molecule has 136 valence electrons. The van der Waals surface area contributed by atoms with Gasteiger partial charge in [-0.15, -0.1) is 0 Å². The number of nitrogens with zero attached hydrogens (tertiary/aromatic N) is 1. The van der Waals surface area contributed by atoms with E-state index in [-0.39, 0.29) is 11.4 Å². The standard InChI is InChI=1S/C21H31N3O/c25-20(17-7-8-18-14-22-15-19(18)13-17)23-16-21(9-3-1-4-10-21)24-11-5-2-6-12-24/h7-8,13,22H,1-6,9-12,14-16H2,(H,23,25). The summed E-state index contributed by atoms with van der Waals surface area (Å²) in [5, 5.41) is 6.65. The van der Waals surface area contributed by atoms with Crippen LogP contribution in [0.4, 0.5) is 0 Å². The molecule has 2 aliphatic heterocycles. The van der Waals surface area contributed by atoms with Crippen LogP contribution in [-0.2, 0) is 13.1 Å². The smallest absolute Gasteiger partial charge is 0.251 e. The first-order valence-electron chi connectivity index (χ1n) is 10.1. The van der Waals surface area contributed by atoms with Gasteiger partial charge in [0.1, 0.15) is 0 Å². The van der Waals surface area contributed by atoms with Crippen molar-refractivity contribution >= 4 is 5.91 Å². The molecule has 1 aliphatic carbocycles. The highest BCUT2D eigenvalue weighted by molar-refractivity contribution is 5.94. The zero-order valence-corrected chi connectivity index (χ0v) is 15.3. The van der Waals surface area contributed by atoms with E-state index < -0.39 is 0 Å². The summed E-state index contributed by atoms with van der Waals surface area (Å²) in [5.74, 6) is 0.0941. The van der Waals surface area contributed by atoms with Crippen molar-refractivity contribution in [3.05, 3.63) is 34.9 Å². The number of benzene rings is 1. The number of fused-ring (bicyclic) bond motifs is 1. The molecule has 1 aromatic carbocycles. The van der Waals surface area contributed by atoms with Crippen LogP contribution in [0.15, 0.2) is 18.2 Å². The molecular weight excluding hydrogens is 310 g/mol. The van der Waals surface area contributed by atoms with E-state index in [4.69, 9.17) is 0 Å². The number of amides is 1. The van der Waals surface area contributed by atoms with Gasteiger partial charge in [0.2, 0.25) is 0 Å². The number of carbonyl (C=O) groups is 1. The normalized spacial score (nSPS) is 23.2. The third kappa shape index (κ3) is 3.61. The lowest BCUT2D eigenvalue weighted by Gasteiger charge is -2.48. The summed E-state index contributed by atoms with van der Waals surface area (Å²) in [4.78, 5) is 15.5. The monoisotopic (exact) mass is 341 g/mol. The van der Waals surface area contributed by atoms with Gasteiger partial charge in [-0.3, -0.25) is 9.69 Å². The van der Waals surface area contributed by atoms with Crippen molar-refractivity contribution in [3.63, 3.8) is 0 Å². The van der Waals surface area contributed by atoms with Gasteiger partial charge in [-0.2, -0.15) is 0 Å². The Morgan fingerprint density at radius 1 is 1.00 bits per heavy atom. The molecule has 4 rings (SSSR count). The van der Waals surface area contributed by atoms with Gasteiger partial charge in [-0.1, -0.05) is 31.7 Å². The van der Waals surface area contributed by atoms with Gasteiger partial charge in [-0.25, -0.2) is 0 Å². The van der Waals surface area contributed by atoms with Crippen molar-refractivity contribution in [2.45, 2.75) is 70.0 Å². The Morgan fingerprint density at radius 3 is 2.52 bits per heavy atom. The first-order valence-corrected chi connectivity index (χ1v) is 10.1. The maximum atomic E-state index is 12.8. The average Bonchev–Trinajstić information content (AvgIpc) is 3.15. The Balaban J connectivity index is 1.44. The number of nitrogens with one attached hydrogen (secondary N) is 2. The Hall–Kier alpha value is -1.39. The zero-order chi connectivity index (χ0) is 17.1. The summed E-state index contributed by atoms with van der Waals surface area (Å²) in [7, 11) is 0. The maximum Gasteiger partial charge on any atom is 0.251 e. The van der Waals surface area contributed by atoms with Gasteiger partial charge in [0, 0.05) is 30.7 Å². The molecule has 1 saturated carbocycles. The second kappa shape index (κ2) is 7.46. The summed E-state index contributed by atoms with van der Waals surface area (Å²) < 4.78 is 0. The molecule has 2 heterocycles. The Bertz CT molecular complexity index is 616. The van der Waals surface area contributed by atoms with Gasteiger partial charge >= 0.3 is 0 Å². The van der Waals surface area contributed by atoms with Crippen LogP contribution in [0.2, 0.25) is 0 Å². The predicted molar refractivity (Wildman–Crippen MR) is 101 cm³/mol. The molecule has 2 N–H and O–H groups in total. The van der Waals surface area contributed by atoms with Gasteiger partial charge < -0.3 is 10.6 Å². The number of carbonyl (C=O) groups excluding carboxylic acids is 1. The van der Waals surface area contributed by atoms with Crippen molar-refractivity contribution in [1.82, 2.24) is 15.5 Å². The minimum atomic E-state index is 0.0941. The van der Waals surface area contributed by atoms with E-state index in [0.29, 0.717) is 0 Å². The molecule has 1 aromatic rings. The molecule has 4 nitrogen and oxygen atoms in total. The van der Waals surface area contributed by atoms with Gasteiger partial charge in [0.15, 0.2) is 0 Å². The van der Waals surface area contributed by atoms with Crippen LogP contribution in [0.3, 0.4) is 0 Å². The Kier molecular flexibility index (Phi) is 5.09. The molecule has 0 atom stereocenters. The van der Waals surface area contributed by atoms with Gasteiger partial charge in [0.25, 0.3) is 5.91 Å². The molecule has 0 radical (unpaired) electrons. The summed E-state index contributed by atoms with van der Waals surface area (Å²) >= 11 is 0. The molecule has 0 bridgehead atoms. The fourth-order valence-corrected chi connectivity index (χ4v) is 4.97. The van der Waals surface area contributed by atoms with E-state index in [1.165, 1.54) is 75.6 Å². The van der Waals surface area contributed by atoms with E-state index in [9.17, 15) is 4.79 Å². The SMILES string of the molecule is O=C(NCC1(N2CCCCC2)CCCCC1)c1ccc2c(c1)CNC2.